The highest BCUT2D eigenvalue weighted by atomic mass is 35.5. The van der Waals surface area contributed by atoms with Crippen molar-refractivity contribution in [3.63, 3.8) is 0 Å². The number of piperazine rings is 1. The Kier molecular flexibility index (Phi) is 5.90. The number of nitrogens with zero attached hydrogens (tertiary/aromatic N) is 4. The summed E-state index contributed by atoms with van der Waals surface area (Å²) in [5.74, 6) is 1.09. The number of carbonyl (C=O) groups excluding carboxylic acids is 1. The zero-order valence-corrected chi connectivity index (χ0v) is 15.8. The Labute approximate surface area is 158 Å². The lowest BCUT2D eigenvalue weighted by Gasteiger charge is -2.35. The first-order valence-electron chi connectivity index (χ1n) is 8.79. The fraction of sp³-hybridized carbons (Fsp3) is 0.500. The largest absolute Gasteiger partial charge is 0.340 e. The monoisotopic (exact) mass is 377 g/mol. The molecule has 1 aliphatic heterocycles. The molecule has 1 aromatic carbocycles. The number of hydrogen-bond donors (Lipinski definition) is 1. The van der Waals surface area contributed by atoms with Gasteiger partial charge in [0.1, 0.15) is 0 Å². The summed E-state index contributed by atoms with van der Waals surface area (Å²) in [5.41, 5.74) is 6.70. The number of nitrogens with two attached hydrogens (primary N) is 1. The Morgan fingerprint density at radius 3 is 2.50 bits per heavy atom. The van der Waals surface area contributed by atoms with Crippen LogP contribution in [-0.2, 0) is 11.3 Å². The van der Waals surface area contributed by atoms with Crippen molar-refractivity contribution in [1.82, 2.24) is 19.9 Å². The standard InChI is InChI=1S/C18H24ClN5O2/c1-12(13(2)20)18(25)24-9-7-23(8-10-24)11-16-21-17(22-26-16)14-3-5-15(19)6-4-14/h3-6,12-13H,7-11,20H2,1-2H3. The summed E-state index contributed by atoms with van der Waals surface area (Å²) in [5, 5.41) is 4.70. The SMILES string of the molecule is CC(N)C(C)C(=O)N1CCN(Cc2nc(-c3ccc(Cl)cc3)no2)CC1. The first kappa shape index (κ1) is 18.8. The molecule has 2 atom stereocenters. The van der Waals surface area contributed by atoms with Crippen LogP contribution in [0, 0.1) is 5.92 Å². The third-order valence-corrected chi connectivity index (χ3v) is 5.04. The molecule has 2 unspecified atom stereocenters. The van der Waals surface area contributed by atoms with E-state index >= 15 is 0 Å². The Morgan fingerprint density at radius 2 is 1.88 bits per heavy atom. The number of amides is 1. The third kappa shape index (κ3) is 4.41. The van der Waals surface area contributed by atoms with Crippen LogP contribution in [0.3, 0.4) is 0 Å². The Balaban J connectivity index is 1.54. The van der Waals surface area contributed by atoms with Crippen LogP contribution in [0.5, 0.6) is 0 Å². The lowest BCUT2D eigenvalue weighted by atomic mass is 10.0. The summed E-state index contributed by atoms with van der Waals surface area (Å²) in [6.45, 7) is 7.25. The van der Waals surface area contributed by atoms with Crippen molar-refractivity contribution in [2.24, 2.45) is 11.7 Å². The molecule has 1 saturated heterocycles. The number of rotatable bonds is 5. The van der Waals surface area contributed by atoms with E-state index in [0.29, 0.717) is 36.4 Å². The van der Waals surface area contributed by atoms with E-state index in [1.54, 1.807) is 12.1 Å². The van der Waals surface area contributed by atoms with Crippen LogP contribution in [0.1, 0.15) is 19.7 Å². The molecule has 0 radical (unpaired) electrons. The Morgan fingerprint density at radius 1 is 1.23 bits per heavy atom. The van der Waals surface area contributed by atoms with Crippen LogP contribution in [0.4, 0.5) is 0 Å². The second-order valence-corrected chi connectivity index (χ2v) is 7.20. The quantitative estimate of drug-likeness (QED) is 0.857. The lowest BCUT2D eigenvalue weighted by molar-refractivity contribution is -0.137. The molecule has 140 valence electrons. The molecular weight excluding hydrogens is 354 g/mol. The number of halogens is 1. The van der Waals surface area contributed by atoms with Gasteiger partial charge in [-0.3, -0.25) is 9.69 Å². The van der Waals surface area contributed by atoms with Crippen LogP contribution in [0.15, 0.2) is 28.8 Å². The van der Waals surface area contributed by atoms with E-state index in [1.807, 2.05) is 30.9 Å². The van der Waals surface area contributed by atoms with Crippen molar-refractivity contribution in [1.29, 1.82) is 0 Å². The molecule has 3 rings (SSSR count). The van der Waals surface area contributed by atoms with Gasteiger partial charge in [0.15, 0.2) is 0 Å². The molecule has 7 nitrogen and oxygen atoms in total. The van der Waals surface area contributed by atoms with Crippen molar-refractivity contribution in [2.75, 3.05) is 26.2 Å². The van der Waals surface area contributed by atoms with E-state index in [4.69, 9.17) is 21.9 Å². The predicted molar refractivity (Wildman–Crippen MR) is 99.4 cm³/mol. The molecule has 2 N–H and O–H groups in total. The highest BCUT2D eigenvalue weighted by Gasteiger charge is 2.27. The minimum absolute atomic E-state index is 0.127. The fourth-order valence-corrected chi connectivity index (χ4v) is 2.99. The summed E-state index contributed by atoms with van der Waals surface area (Å²) < 4.78 is 5.36. The minimum Gasteiger partial charge on any atom is -0.340 e. The van der Waals surface area contributed by atoms with E-state index in [0.717, 1.165) is 18.7 Å². The first-order chi connectivity index (χ1) is 12.4. The number of hydrogen-bond acceptors (Lipinski definition) is 6. The molecule has 1 amide bonds. The van der Waals surface area contributed by atoms with Gasteiger partial charge in [-0.1, -0.05) is 23.7 Å². The molecule has 2 aromatic rings. The third-order valence-electron chi connectivity index (χ3n) is 4.79. The maximum Gasteiger partial charge on any atom is 0.241 e. The van der Waals surface area contributed by atoms with E-state index in [1.165, 1.54) is 0 Å². The van der Waals surface area contributed by atoms with Gasteiger partial charge < -0.3 is 15.2 Å². The normalized spacial score (nSPS) is 17.9. The number of benzene rings is 1. The second-order valence-electron chi connectivity index (χ2n) is 6.77. The van der Waals surface area contributed by atoms with Crippen LogP contribution >= 0.6 is 11.6 Å². The topological polar surface area (TPSA) is 88.5 Å². The Bertz CT molecular complexity index is 738. The van der Waals surface area contributed by atoms with Gasteiger partial charge in [0, 0.05) is 42.8 Å². The molecule has 26 heavy (non-hydrogen) atoms. The molecule has 1 aromatic heterocycles. The van der Waals surface area contributed by atoms with Crippen LogP contribution in [0.2, 0.25) is 5.02 Å². The van der Waals surface area contributed by atoms with Gasteiger partial charge in [0.05, 0.1) is 12.5 Å². The number of carbonyl (C=O) groups is 1. The highest BCUT2D eigenvalue weighted by molar-refractivity contribution is 6.30. The first-order valence-corrected chi connectivity index (χ1v) is 9.17. The van der Waals surface area contributed by atoms with E-state index in [2.05, 4.69) is 15.0 Å². The smallest absolute Gasteiger partial charge is 0.241 e. The van der Waals surface area contributed by atoms with Gasteiger partial charge in [-0.15, -0.1) is 0 Å². The summed E-state index contributed by atoms with van der Waals surface area (Å²) >= 11 is 5.90. The molecular formula is C18H24ClN5O2. The van der Waals surface area contributed by atoms with Crippen molar-refractivity contribution in [3.8, 4) is 11.4 Å². The minimum atomic E-state index is -0.153. The molecule has 1 aliphatic rings. The molecule has 2 heterocycles. The molecule has 0 aliphatic carbocycles. The maximum atomic E-state index is 12.4. The molecule has 0 spiro atoms. The summed E-state index contributed by atoms with van der Waals surface area (Å²) in [7, 11) is 0. The van der Waals surface area contributed by atoms with Crippen molar-refractivity contribution < 1.29 is 9.32 Å². The second kappa shape index (κ2) is 8.16. The van der Waals surface area contributed by atoms with Crippen LogP contribution < -0.4 is 5.73 Å². The summed E-state index contributed by atoms with van der Waals surface area (Å²) in [4.78, 5) is 20.9. The van der Waals surface area contributed by atoms with E-state index in [-0.39, 0.29) is 17.9 Å². The number of aromatic nitrogens is 2. The van der Waals surface area contributed by atoms with Gasteiger partial charge >= 0.3 is 0 Å². The van der Waals surface area contributed by atoms with Crippen molar-refractivity contribution in [2.45, 2.75) is 26.4 Å². The molecule has 0 saturated carbocycles. The molecule has 8 heteroatoms. The highest BCUT2D eigenvalue weighted by Crippen LogP contribution is 2.19. The average molecular weight is 378 g/mol. The molecule has 0 bridgehead atoms. The lowest BCUT2D eigenvalue weighted by Crippen LogP contribution is -2.51. The molecule has 1 fully saturated rings. The van der Waals surface area contributed by atoms with Crippen molar-refractivity contribution >= 4 is 17.5 Å². The van der Waals surface area contributed by atoms with E-state index < -0.39 is 0 Å². The zero-order valence-electron chi connectivity index (χ0n) is 15.1. The van der Waals surface area contributed by atoms with Crippen molar-refractivity contribution in [3.05, 3.63) is 35.2 Å². The summed E-state index contributed by atoms with van der Waals surface area (Å²) in [6, 6.07) is 7.19. The van der Waals surface area contributed by atoms with Gasteiger partial charge in [-0.2, -0.15) is 4.98 Å². The van der Waals surface area contributed by atoms with E-state index in [9.17, 15) is 4.79 Å². The van der Waals surface area contributed by atoms with Crippen LogP contribution in [-0.4, -0.2) is 58.1 Å². The van der Waals surface area contributed by atoms with Crippen LogP contribution in [0.25, 0.3) is 11.4 Å². The van der Waals surface area contributed by atoms with Gasteiger partial charge in [-0.25, -0.2) is 0 Å². The fourth-order valence-electron chi connectivity index (χ4n) is 2.87. The van der Waals surface area contributed by atoms with Gasteiger partial charge in [0.2, 0.25) is 17.6 Å². The zero-order chi connectivity index (χ0) is 18.7. The Hall–Kier alpha value is -1.96. The summed E-state index contributed by atoms with van der Waals surface area (Å²) in [6.07, 6.45) is 0. The maximum absolute atomic E-state index is 12.4. The average Bonchev–Trinajstić information content (AvgIpc) is 3.10. The van der Waals surface area contributed by atoms with Gasteiger partial charge in [0.25, 0.3) is 0 Å². The van der Waals surface area contributed by atoms with Gasteiger partial charge in [-0.05, 0) is 31.2 Å². The predicted octanol–water partition coefficient (Wildman–Crippen LogP) is 2.02.